The monoisotopic (exact) mass is 353 g/mol. The molecule has 1 amide bonds. The maximum atomic E-state index is 12.1. The maximum absolute atomic E-state index is 12.1. The van der Waals surface area contributed by atoms with Crippen LogP contribution in [0.4, 0.5) is 5.13 Å². The molecule has 5 nitrogen and oxygen atoms in total. The number of thiazole rings is 1. The van der Waals surface area contributed by atoms with Crippen LogP contribution in [-0.2, 0) is 4.79 Å². The summed E-state index contributed by atoms with van der Waals surface area (Å²) in [6.07, 6.45) is 1.93. The number of carbonyl (C=O) groups excluding carboxylic acids is 1. The lowest BCUT2D eigenvalue weighted by atomic mass is 10.1. The third-order valence-corrected chi connectivity index (χ3v) is 4.50. The highest BCUT2D eigenvalue weighted by Crippen LogP contribution is 2.33. The second kappa shape index (κ2) is 7.77. The third kappa shape index (κ3) is 4.02. The van der Waals surface area contributed by atoms with Crippen LogP contribution in [0.15, 0.2) is 23.6 Å². The van der Waals surface area contributed by atoms with Crippen LogP contribution in [0.1, 0.15) is 18.4 Å². The van der Waals surface area contributed by atoms with Gasteiger partial charge in [-0.3, -0.25) is 4.79 Å². The lowest BCUT2D eigenvalue weighted by Gasteiger charge is -2.09. The van der Waals surface area contributed by atoms with Crippen LogP contribution in [0.25, 0.3) is 11.3 Å². The van der Waals surface area contributed by atoms with Crippen LogP contribution in [0, 0.1) is 6.92 Å². The molecule has 3 rings (SSSR count). The van der Waals surface area contributed by atoms with Gasteiger partial charge in [-0.05, 0) is 38.4 Å². The van der Waals surface area contributed by atoms with Gasteiger partial charge in [0.1, 0.15) is 5.75 Å². The van der Waals surface area contributed by atoms with E-state index in [-0.39, 0.29) is 24.4 Å². The molecule has 0 aliphatic carbocycles. The van der Waals surface area contributed by atoms with E-state index < -0.39 is 0 Å². The third-order valence-electron chi connectivity index (χ3n) is 3.74. The second-order valence-electron chi connectivity index (χ2n) is 5.38. The Labute approximate surface area is 145 Å². The highest BCUT2D eigenvalue weighted by atomic mass is 35.5. The van der Waals surface area contributed by atoms with Gasteiger partial charge in [0.05, 0.1) is 18.8 Å². The normalized spacial score (nSPS) is 16.7. The van der Waals surface area contributed by atoms with Crippen molar-refractivity contribution in [1.29, 1.82) is 0 Å². The predicted molar refractivity (Wildman–Crippen MR) is 95.7 cm³/mol. The van der Waals surface area contributed by atoms with Crippen LogP contribution in [-0.4, -0.2) is 30.6 Å². The van der Waals surface area contributed by atoms with Crippen molar-refractivity contribution in [2.75, 3.05) is 19.0 Å². The molecular weight excluding hydrogens is 334 g/mol. The SMILES string of the molecule is COc1ccc(C)cc1-c1csc(NC(=O)C2CCCN2)n1.Cl. The Hall–Kier alpha value is -1.63. The zero-order valence-electron chi connectivity index (χ0n) is 13.1. The Morgan fingerprint density at radius 2 is 2.30 bits per heavy atom. The van der Waals surface area contributed by atoms with Gasteiger partial charge in [0.15, 0.2) is 5.13 Å². The van der Waals surface area contributed by atoms with Gasteiger partial charge in [0, 0.05) is 10.9 Å². The molecule has 1 aromatic heterocycles. The van der Waals surface area contributed by atoms with Gasteiger partial charge in [-0.1, -0.05) is 11.6 Å². The van der Waals surface area contributed by atoms with Crippen LogP contribution in [0.3, 0.4) is 0 Å². The van der Waals surface area contributed by atoms with Crippen LogP contribution >= 0.6 is 23.7 Å². The number of nitrogens with one attached hydrogen (secondary N) is 2. The largest absolute Gasteiger partial charge is 0.496 e. The summed E-state index contributed by atoms with van der Waals surface area (Å²) in [7, 11) is 1.65. The van der Waals surface area contributed by atoms with E-state index in [0.29, 0.717) is 5.13 Å². The second-order valence-corrected chi connectivity index (χ2v) is 6.24. The molecule has 1 fully saturated rings. The van der Waals surface area contributed by atoms with E-state index in [4.69, 9.17) is 4.74 Å². The molecule has 2 heterocycles. The summed E-state index contributed by atoms with van der Waals surface area (Å²) in [5, 5.41) is 8.64. The number of hydrogen-bond acceptors (Lipinski definition) is 5. The van der Waals surface area contributed by atoms with Crippen molar-refractivity contribution in [3.63, 3.8) is 0 Å². The fourth-order valence-electron chi connectivity index (χ4n) is 2.58. The number of benzene rings is 1. The van der Waals surface area contributed by atoms with Gasteiger partial charge >= 0.3 is 0 Å². The average molecular weight is 354 g/mol. The van der Waals surface area contributed by atoms with Gasteiger partial charge in [0.25, 0.3) is 0 Å². The van der Waals surface area contributed by atoms with E-state index in [9.17, 15) is 4.79 Å². The van der Waals surface area contributed by atoms with Crippen molar-refractivity contribution < 1.29 is 9.53 Å². The van der Waals surface area contributed by atoms with E-state index >= 15 is 0 Å². The summed E-state index contributed by atoms with van der Waals surface area (Å²) < 4.78 is 5.39. The zero-order chi connectivity index (χ0) is 15.5. The standard InChI is InChI=1S/C16H19N3O2S.ClH/c1-10-5-6-14(21-2)11(8-10)13-9-22-16(18-13)19-15(20)12-4-3-7-17-12;/h5-6,8-9,12,17H,3-4,7H2,1-2H3,(H,18,19,20);1H. The molecule has 1 aromatic carbocycles. The number of rotatable bonds is 4. The number of aromatic nitrogens is 1. The van der Waals surface area contributed by atoms with E-state index in [1.54, 1.807) is 7.11 Å². The van der Waals surface area contributed by atoms with E-state index in [2.05, 4.69) is 15.6 Å². The summed E-state index contributed by atoms with van der Waals surface area (Å²) in [5.74, 6) is 0.779. The highest BCUT2D eigenvalue weighted by Gasteiger charge is 2.22. The van der Waals surface area contributed by atoms with Crippen LogP contribution < -0.4 is 15.4 Å². The minimum absolute atomic E-state index is 0. The lowest BCUT2D eigenvalue weighted by molar-refractivity contribution is -0.117. The fourth-order valence-corrected chi connectivity index (χ4v) is 3.29. The molecule has 0 radical (unpaired) electrons. The number of aryl methyl sites for hydroxylation is 1. The Kier molecular flexibility index (Phi) is 5.98. The Bertz CT molecular complexity index is 684. The van der Waals surface area contributed by atoms with Gasteiger partial charge < -0.3 is 15.4 Å². The molecular formula is C16H20ClN3O2S. The van der Waals surface area contributed by atoms with Gasteiger partial charge in [-0.15, -0.1) is 23.7 Å². The number of ether oxygens (including phenoxy) is 1. The predicted octanol–water partition coefficient (Wildman–Crippen LogP) is 3.24. The molecule has 1 aliphatic rings. The summed E-state index contributed by atoms with van der Waals surface area (Å²) in [6.45, 7) is 2.94. The first kappa shape index (κ1) is 17.7. The minimum atomic E-state index is -0.0964. The summed E-state index contributed by atoms with van der Waals surface area (Å²) in [6, 6.07) is 5.88. The number of halogens is 1. The molecule has 7 heteroatoms. The summed E-state index contributed by atoms with van der Waals surface area (Å²) >= 11 is 1.43. The summed E-state index contributed by atoms with van der Waals surface area (Å²) in [5.41, 5.74) is 2.91. The number of anilines is 1. The average Bonchev–Trinajstić information content (AvgIpc) is 3.18. The molecule has 1 unspecified atom stereocenters. The molecule has 1 atom stereocenters. The van der Waals surface area contributed by atoms with Gasteiger partial charge in [0.2, 0.25) is 5.91 Å². The number of carbonyl (C=O) groups is 1. The van der Waals surface area contributed by atoms with Crippen molar-refractivity contribution in [3.8, 4) is 17.0 Å². The molecule has 0 bridgehead atoms. The maximum Gasteiger partial charge on any atom is 0.243 e. The summed E-state index contributed by atoms with van der Waals surface area (Å²) in [4.78, 5) is 16.6. The molecule has 2 aromatic rings. The Balaban J connectivity index is 0.00000192. The smallest absolute Gasteiger partial charge is 0.243 e. The molecule has 23 heavy (non-hydrogen) atoms. The topological polar surface area (TPSA) is 63.2 Å². The number of methoxy groups -OCH3 is 1. The van der Waals surface area contributed by atoms with Crippen molar-refractivity contribution in [1.82, 2.24) is 10.3 Å². The van der Waals surface area contributed by atoms with Crippen molar-refractivity contribution in [2.45, 2.75) is 25.8 Å². The highest BCUT2D eigenvalue weighted by molar-refractivity contribution is 7.14. The first-order chi connectivity index (χ1) is 10.7. The fraction of sp³-hybridized carbons (Fsp3) is 0.375. The van der Waals surface area contributed by atoms with Crippen molar-refractivity contribution >= 4 is 34.8 Å². The molecule has 124 valence electrons. The Morgan fingerprint density at radius 3 is 3.00 bits per heavy atom. The number of nitrogens with zero attached hydrogens (tertiary/aromatic N) is 1. The first-order valence-corrected chi connectivity index (χ1v) is 8.20. The van der Waals surface area contributed by atoms with E-state index in [1.165, 1.54) is 11.3 Å². The number of hydrogen-bond donors (Lipinski definition) is 2. The van der Waals surface area contributed by atoms with Gasteiger partial charge in [-0.2, -0.15) is 0 Å². The minimum Gasteiger partial charge on any atom is -0.496 e. The van der Waals surface area contributed by atoms with Crippen LogP contribution in [0.5, 0.6) is 5.75 Å². The van der Waals surface area contributed by atoms with E-state index in [1.807, 2.05) is 30.5 Å². The quantitative estimate of drug-likeness (QED) is 0.885. The van der Waals surface area contributed by atoms with Crippen molar-refractivity contribution in [2.24, 2.45) is 0 Å². The molecule has 0 saturated carbocycles. The van der Waals surface area contributed by atoms with Crippen LogP contribution in [0.2, 0.25) is 0 Å². The van der Waals surface area contributed by atoms with Crippen molar-refractivity contribution in [3.05, 3.63) is 29.1 Å². The van der Waals surface area contributed by atoms with Gasteiger partial charge in [-0.25, -0.2) is 4.98 Å². The molecule has 2 N–H and O–H groups in total. The zero-order valence-corrected chi connectivity index (χ0v) is 14.7. The molecule has 1 aliphatic heterocycles. The molecule has 1 saturated heterocycles. The first-order valence-electron chi connectivity index (χ1n) is 7.32. The Morgan fingerprint density at radius 1 is 1.48 bits per heavy atom. The number of amides is 1. The lowest BCUT2D eigenvalue weighted by Crippen LogP contribution is -2.35. The van der Waals surface area contributed by atoms with E-state index in [0.717, 1.165) is 42.0 Å². The molecule has 0 spiro atoms.